The molecule has 1 saturated heterocycles. The van der Waals surface area contributed by atoms with E-state index in [-0.39, 0.29) is 12.6 Å². The van der Waals surface area contributed by atoms with Crippen molar-refractivity contribution < 1.29 is 13.2 Å². The first kappa shape index (κ1) is 9.80. The highest BCUT2D eigenvalue weighted by atomic mass is 19.4. The first-order chi connectivity index (χ1) is 5.58. The molecular formula is C7H13F3N2. The van der Waals surface area contributed by atoms with Gasteiger partial charge in [-0.25, -0.2) is 5.32 Å². The van der Waals surface area contributed by atoms with Crippen molar-refractivity contribution in [2.24, 2.45) is 0 Å². The minimum Gasteiger partial charge on any atom is -0.313 e. The van der Waals surface area contributed by atoms with Crippen LogP contribution in [0.15, 0.2) is 0 Å². The number of nitrogens with one attached hydrogen (secondary N) is 2. The maximum Gasteiger partial charge on any atom is 0.457 e. The monoisotopic (exact) mass is 182 g/mol. The average Bonchev–Trinajstić information content (AvgIpc) is 2.02. The van der Waals surface area contributed by atoms with Gasteiger partial charge in [0.15, 0.2) is 0 Å². The van der Waals surface area contributed by atoms with E-state index in [1.807, 2.05) is 0 Å². The molecule has 1 heterocycles. The van der Waals surface area contributed by atoms with Crippen molar-refractivity contribution >= 4 is 0 Å². The third-order valence-corrected chi connectivity index (χ3v) is 1.96. The summed E-state index contributed by atoms with van der Waals surface area (Å²) in [4.78, 5) is 0. The van der Waals surface area contributed by atoms with E-state index in [2.05, 4.69) is 5.32 Å². The third kappa shape index (κ3) is 3.92. The zero-order valence-electron chi connectivity index (χ0n) is 6.75. The Bertz CT molecular complexity index is 129. The van der Waals surface area contributed by atoms with Crippen molar-refractivity contribution in [3.8, 4) is 0 Å². The van der Waals surface area contributed by atoms with Crippen molar-refractivity contribution in [3.63, 3.8) is 0 Å². The highest BCUT2D eigenvalue weighted by molar-refractivity contribution is 4.74. The van der Waals surface area contributed by atoms with Crippen LogP contribution >= 0.6 is 0 Å². The molecule has 1 fully saturated rings. The van der Waals surface area contributed by atoms with Crippen LogP contribution in [-0.2, 0) is 0 Å². The van der Waals surface area contributed by atoms with Crippen LogP contribution in [0.1, 0.15) is 19.3 Å². The average molecular weight is 182 g/mol. The van der Waals surface area contributed by atoms with Gasteiger partial charge in [-0.2, -0.15) is 13.2 Å². The Balaban J connectivity index is 2.13. The van der Waals surface area contributed by atoms with Crippen LogP contribution in [0.5, 0.6) is 0 Å². The van der Waals surface area contributed by atoms with Crippen molar-refractivity contribution in [3.05, 3.63) is 0 Å². The Morgan fingerprint density at radius 3 is 2.58 bits per heavy atom. The molecule has 0 aromatic heterocycles. The number of halogens is 3. The van der Waals surface area contributed by atoms with Crippen LogP contribution in [0.2, 0.25) is 0 Å². The lowest BCUT2D eigenvalue weighted by molar-refractivity contribution is -0.157. The molecule has 1 aliphatic heterocycles. The summed E-state index contributed by atoms with van der Waals surface area (Å²) in [5.74, 6) is 0. The quantitative estimate of drug-likeness (QED) is 0.628. The minimum absolute atomic E-state index is 0.0104. The minimum atomic E-state index is -4.24. The van der Waals surface area contributed by atoms with Gasteiger partial charge < -0.3 is 5.32 Å². The Morgan fingerprint density at radius 1 is 1.33 bits per heavy atom. The first-order valence-corrected chi connectivity index (χ1v) is 4.13. The van der Waals surface area contributed by atoms with Crippen LogP contribution < -0.4 is 10.6 Å². The van der Waals surface area contributed by atoms with E-state index in [1.54, 1.807) is 0 Å². The van der Waals surface area contributed by atoms with Crippen LogP contribution in [0, 0.1) is 0 Å². The molecule has 72 valence electrons. The van der Waals surface area contributed by atoms with Gasteiger partial charge in [-0.3, -0.25) is 0 Å². The predicted molar refractivity (Wildman–Crippen MR) is 39.7 cm³/mol. The first-order valence-electron chi connectivity index (χ1n) is 4.13. The highest BCUT2D eigenvalue weighted by Gasteiger charge is 2.27. The normalized spacial score (nSPS) is 25.8. The molecule has 1 atom stereocenters. The zero-order valence-corrected chi connectivity index (χ0v) is 6.75. The van der Waals surface area contributed by atoms with E-state index in [9.17, 15) is 13.2 Å². The van der Waals surface area contributed by atoms with Gasteiger partial charge in [-0.05, 0) is 19.4 Å². The number of alkyl halides is 3. The summed E-state index contributed by atoms with van der Waals surface area (Å²) >= 11 is 0. The molecule has 0 amide bonds. The summed E-state index contributed by atoms with van der Waals surface area (Å²) in [7, 11) is 0. The number of hydrogen-bond donors (Lipinski definition) is 2. The maximum atomic E-state index is 11.7. The van der Waals surface area contributed by atoms with Gasteiger partial charge in [-0.1, -0.05) is 6.42 Å². The Kier molecular flexibility index (Phi) is 3.34. The molecule has 0 aromatic rings. The topological polar surface area (TPSA) is 24.1 Å². The van der Waals surface area contributed by atoms with E-state index < -0.39 is 6.30 Å². The van der Waals surface area contributed by atoms with Crippen LogP contribution in [-0.4, -0.2) is 25.4 Å². The molecule has 0 aliphatic carbocycles. The van der Waals surface area contributed by atoms with Gasteiger partial charge in [0, 0.05) is 12.6 Å². The molecule has 2 nitrogen and oxygen atoms in total. The summed E-state index contributed by atoms with van der Waals surface area (Å²) in [6.45, 7) is 0.827. The van der Waals surface area contributed by atoms with Crippen molar-refractivity contribution in [1.82, 2.24) is 10.6 Å². The molecule has 0 aromatic carbocycles. The van der Waals surface area contributed by atoms with E-state index in [1.165, 1.54) is 5.32 Å². The second kappa shape index (κ2) is 4.09. The summed E-state index contributed by atoms with van der Waals surface area (Å²) in [5.41, 5.74) is 0. The number of piperidine rings is 1. The molecule has 1 unspecified atom stereocenters. The van der Waals surface area contributed by atoms with E-state index in [4.69, 9.17) is 0 Å². The van der Waals surface area contributed by atoms with Gasteiger partial charge in [0.25, 0.3) is 0 Å². The molecule has 1 rings (SSSR count). The fourth-order valence-electron chi connectivity index (χ4n) is 1.34. The largest absolute Gasteiger partial charge is 0.457 e. The van der Waals surface area contributed by atoms with Crippen LogP contribution in [0.25, 0.3) is 0 Å². The summed E-state index contributed by atoms with van der Waals surface area (Å²) < 4.78 is 35.0. The highest BCUT2D eigenvalue weighted by Crippen LogP contribution is 2.11. The molecule has 12 heavy (non-hydrogen) atoms. The van der Waals surface area contributed by atoms with Gasteiger partial charge in [0.05, 0.1) is 0 Å². The Hall–Kier alpha value is -0.290. The molecule has 0 radical (unpaired) electrons. The van der Waals surface area contributed by atoms with Gasteiger partial charge >= 0.3 is 6.30 Å². The summed E-state index contributed by atoms with van der Waals surface area (Å²) in [5, 5.41) is 4.56. The van der Waals surface area contributed by atoms with Gasteiger partial charge in [0.2, 0.25) is 0 Å². The molecular weight excluding hydrogens is 169 g/mol. The van der Waals surface area contributed by atoms with Crippen LogP contribution in [0.4, 0.5) is 13.2 Å². The lowest BCUT2D eigenvalue weighted by atomic mass is 10.1. The predicted octanol–water partition coefficient (Wildman–Crippen LogP) is 1.24. The summed E-state index contributed by atoms with van der Waals surface area (Å²) in [6, 6.07) is -0.0135. The molecule has 1 aliphatic rings. The molecule has 5 heteroatoms. The van der Waals surface area contributed by atoms with Crippen molar-refractivity contribution in [2.45, 2.75) is 31.6 Å². The molecule has 0 spiro atoms. The fraction of sp³-hybridized carbons (Fsp3) is 1.00. The van der Waals surface area contributed by atoms with Crippen molar-refractivity contribution in [1.29, 1.82) is 0 Å². The fourth-order valence-corrected chi connectivity index (χ4v) is 1.34. The van der Waals surface area contributed by atoms with E-state index in [0.717, 1.165) is 25.8 Å². The van der Waals surface area contributed by atoms with E-state index in [0.29, 0.717) is 0 Å². The SMILES string of the molecule is FC(F)(F)NCC1CCCCN1. The second-order valence-corrected chi connectivity index (χ2v) is 3.03. The second-order valence-electron chi connectivity index (χ2n) is 3.03. The standard InChI is InChI=1S/C7H13F3N2/c8-7(9,10)12-5-6-3-1-2-4-11-6/h6,11-12H,1-5H2. The smallest absolute Gasteiger partial charge is 0.313 e. The number of hydrogen-bond acceptors (Lipinski definition) is 2. The molecule has 0 saturated carbocycles. The Labute approximate surface area is 69.5 Å². The Morgan fingerprint density at radius 2 is 2.08 bits per heavy atom. The zero-order chi connectivity index (χ0) is 9.03. The van der Waals surface area contributed by atoms with Gasteiger partial charge in [-0.15, -0.1) is 0 Å². The lowest BCUT2D eigenvalue weighted by Crippen LogP contribution is -2.45. The van der Waals surface area contributed by atoms with Gasteiger partial charge in [0.1, 0.15) is 0 Å². The maximum absolute atomic E-state index is 11.7. The number of rotatable bonds is 2. The molecule has 2 N–H and O–H groups in total. The van der Waals surface area contributed by atoms with Crippen LogP contribution in [0.3, 0.4) is 0 Å². The third-order valence-electron chi connectivity index (χ3n) is 1.96. The lowest BCUT2D eigenvalue weighted by Gasteiger charge is -2.24. The van der Waals surface area contributed by atoms with E-state index >= 15 is 0 Å². The summed E-state index contributed by atoms with van der Waals surface area (Å²) in [6.07, 6.45) is -1.30. The van der Waals surface area contributed by atoms with Crippen molar-refractivity contribution in [2.75, 3.05) is 13.1 Å². The molecule has 0 bridgehead atoms.